The Kier molecular flexibility index (Phi) is 5.41. The molecule has 1 amide bonds. The number of hydrogen-bond donors (Lipinski definition) is 0. The topological polar surface area (TPSA) is 65.1 Å². The van der Waals surface area contributed by atoms with Crippen LogP contribution in [0.15, 0.2) is 36.1 Å². The fourth-order valence-corrected chi connectivity index (χ4v) is 2.23. The number of likely N-dealkylation sites (tertiary alicyclic amines) is 1. The zero-order chi connectivity index (χ0) is 15.9. The van der Waals surface area contributed by atoms with E-state index in [1.807, 2.05) is 0 Å². The van der Waals surface area contributed by atoms with Crippen LogP contribution < -0.4 is 4.74 Å². The van der Waals surface area contributed by atoms with E-state index in [-0.39, 0.29) is 0 Å². The molecule has 0 atom stereocenters. The molecule has 22 heavy (non-hydrogen) atoms. The van der Waals surface area contributed by atoms with Gasteiger partial charge in [-0.3, -0.25) is 0 Å². The molecule has 1 fully saturated rings. The Hall–Kier alpha value is -2.50. The molecule has 0 bridgehead atoms. The number of hydrogen-bond acceptors (Lipinski definition) is 5. The van der Waals surface area contributed by atoms with Crippen molar-refractivity contribution in [1.29, 1.82) is 0 Å². The molecule has 1 aromatic carbocycles. The van der Waals surface area contributed by atoms with Gasteiger partial charge in [-0.05, 0) is 36.6 Å². The number of piperidine rings is 1. The van der Waals surface area contributed by atoms with Crippen molar-refractivity contribution in [3.05, 3.63) is 41.7 Å². The van der Waals surface area contributed by atoms with E-state index in [0.717, 1.165) is 12.8 Å². The molecule has 6 nitrogen and oxygen atoms in total. The highest BCUT2D eigenvalue weighted by atomic mass is 16.6. The maximum atomic E-state index is 12.1. The lowest BCUT2D eigenvalue weighted by atomic mass is 10.1. The molecule has 6 heteroatoms. The van der Waals surface area contributed by atoms with Crippen molar-refractivity contribution in [2.75, 3.05) is 27.3 Å². The summed E-state index contributed by atoms with van der Waals surface area (Å²) in [5, 5.41) is 0. The smallest absolute Gasteiger partial charge is 0.415 e. The molecule has 0 spiro atoms. The molecule has 1 aromatic rings. The van der Waals surface area contributed by atoms with Gasteiger partial charge in [-0.2, -0.15) is 0 Å². The normalized spacial score (nSPS) is 14.3. The number of carbonyl (C=O) groups is 2. The first-order valence-electron chi connectivity index (χ1n) is 7.00. The molecular formula is C16H19NO5. The van der Waals surface area contributed by atoms with E-state index >= 15 is 0 Å². The van der Waals surface area contributed by atoms with Gasteiger partial charge >= 0.3 is 12.1 Å². The maximum absolute atomic E-state index is 12.1. The van der Waals surface area contributed by atoms with Crippen molar-refractivity contribution in [2.45, 2.75) is 12.8 Å². The van der Waals surface area contributed by atoms with E-state index in [0.29, 0.717) is 24.4 Å². The van der Waals surface area contributed by atoms with Gasteiger partial charge in [-0.1, -0.05) is 6.07 Å². The number of rotatable bonds is 3. The lowest BCUT2D eigenvalue weighted by Crippen LogP contribution is -2.38. The Balaban J connectivity index is 1.95. The molecular weight excluding hydrogens is 286 g/mol. The van der Waals surface area contributed by atoms with E-state index in [2.05, 4.69) is 4.74 Å². The molecule has 0 unspecified atom stereocenters. The maximum Gasteiger partial charge on any atom is 0.415 e. The summed E-state index contributed by atoms with van der Waals surface area (Å²) >= 11 is 0. The molecule has 2 rings (SSSR count). The summed E-state index contributed by atoms with van der Waals surface area (Å²) in [7, 11) is 2.92. The lowest BCUT2D eigenvalue weighted by Gasteiger charge is -2.27. The van der Waals surface area contributed by atoms with Crippen molar-refractivity contribution in [3.63, 3.8) is 0 Å². The minimum absolute atomic E-state index is 0.325. The number of esters is 1. The third-order valence-corrected chi connectivity index (χ3v) is 3.41. The van der Waals surface area contributed by atoms with Crippen LogP contribution >= 0.6 is 0 Å². The fraction of sp³-hybridized carbons (Fsp3) is 0.375. The van der Waals surface area contributed by atoms with E-state index in [4.69, 9.17) is 9.47 Å². The summed E-state index contributed by atoms with van der Waals surface area (Å²) in [5.41, 5.74) is 1.52. The average molecular weight is 305 g/mol. The van der Waals surface area contributed by atoms with Crippen LogP contribution in [-0.2, 0) is 9.47 Å². The third-order valence-electron chi connectivity index (χ3n) is 3.41. The van der Waals surface area contributed by atoms with Crippen LogP contribution in [0.4, 0.5) is 4.79 Å². The SMILES string of the molecule is COC=C1CCN(C(=O)Oc2cccc(C(=O)OC)c2)CC1. The van der Waals surface area contributed by atoms with Crippen molar-refractivity contribution in [1.82, 2.24) is 4.90 Å². The van der Waals surface area contributed by atoms with Crippen LogP contribution in [0.5, 0.6) is 5.75 Å². The van der Waals surface area contributed by atoms with Crippen molar-refractivity contribution >= 4 is 12.1 Å². The standard InChI is InChI=1S/C16H19NO5/c1-20-11-12-6-8-17(9-7-12)16(19)22-14-5-3-4-13(10-14)15(18)21-2/h3-5,10-11H,6-9H2,1-2H3. The highest BCUT2D eigenvalue weighted by Gasteiger charge is 2.21. The summed E-state index contributed by atoms with van der Waals surface area (Å²) in [5.74, 6) is -0.142. The summed E-state index contributed by atoms with van der Waals surface area (Å²) < 4.78 is 14.9. The van der Waals surface area contributed by atoms with Crippen LogP contribution in [0, 0.1) is 0 Å². The predicted octanol–water partition coefficient (Wildman–Crippen LogP) is 2.60. The second kappa shape index (κ2) is 7.49. The minimum atomic E-state index is -0.467. The van der Waals surface area contributed by atoms with Gasteiger partial charge in [0, 0.05) is 13.1 Å². The monoisotopic (exact) mass is 305 g/mol. The van der Waals surface area contributed by atoms with E-state index in [9.17, 15) is 9.59 Å². The van der Waals surface area contributed by atoms with Crippen LogP contribution in [-0.4, -0.2) is 44.3 Å². The number of ether oxygens (including phenoxy) is 3. The molecule has 1 saturated heterocycles. The number of nitrogens with zero attached hydrogens (tertiary/aromatic N) is 1. The van der Waals surface area contributed by atoms with Crippen LogP contribution in [0.2, 0.25) is 0 Å². The van der Waals surface area contributed by atoms with E-state index < -0.39 is 12.1 Å². The van der Waals surface area contributed by atoms with Crippen LogP contribution in [0.3, 0.4) is 0 Å². The van der Waals surface area contributed by atoms with Gasteiger partial charge < -0.3 is 19.1 Å². The van der Waals surface area contributed by atoms with Gasteiger partial charge in [0.1, 0.15) is 5.75 Å². The molecule has 1 aliphatic rings. The minimum Gasteiger partial charge on any atom is -0.504 e. The summed E-state index contributed by atoms with van der Waals surface area (Å²) in [6, 6.07) is 6.37. The van der Waals surface area contributed by atoms with Gasteiger partial charge in [0.25, 0.3) is 0 Å². The lowest BCUT2D eigenvalue weighted by molar-refractivity contribution is 0.0600. The number of benzene rings is 1. The summed E-state index contributed by atoms with van der Waals surface area (Å²) in [6.45, 7) is 1.18. The van der Waals surface area contributed by atoms with Crippen LogP contribution in [0.25, 0.3) is 0 Å². The van der Waals surface area contributed by atoms with Crippen LogP contribution in [0.1, 0.15) is 23.2 Å². The van der Waals surface area contributed by atoms with Gasteiger partial charge in [0.05, 0.1) is 26.0 Å². The van der Waals surface area contributed by atoms with Crippen molar-refractivity contribution in [3.8, 4) is 5.75 Å². The number of carbonyl (C=O) groups excluding carboxylic acids is 2. The Morgan fingerprint density at radius 3 is 2.55 bits per heavy atom. The molecule has 1 aliphatic heterocycles. The van der Waals surface area contributed by atoms with Gasteiger partial charge in [-0.25, -0.2) is 9.59 Å². The molecule has 0 aromatic heterocycles. The quantitative estimate of drug-likeness (QED) is 0.634. The highest BCUT2D eigenvalue weighted by Crippen LogP contribution is 2.19. The Labute approximate surface area is 129 Å². The fourth-order valence-electron chi connectivity index (χ4n) is 2.23. The van der Waals surface area contributed by atoms with Gasteiger partial charge in [0.15, 0.2) is 0 Å². The largest absolute Gasteiger partial charge is 0.504 e. The zero-order valence-electron chi connectivity index (χ0n) is 12.7. The van der Waals surface area contributed by atoms with E-state index in [1.54, 1.807) is 36.5 Å². The number of methoxy groups -OCH3 is 2. The average Bonchev–Trinajstić information content (AvgIpc) is 2.55. The van der Waals surface area contributed by atoms with Gasteiger partial charge in [-0.15, -0.1) is 0 Å². The first-order chi connectivity index (χ1) is 10.6. The molecule has 0 N–H and O–H groups in total. The Morgan fingerprint density at radius 1 is 1.18 bits per heavy atom. The molecule has 0 saturated carbocycles. The van der Waals surface area contributed by atoms with Crippen molar-refractivity contribution < 1.29 is 23.8 Å². The number of amides is 1. The summed E-state index contributed by atoms with van der Waals surface area (Å²) in [4.78, 5) is 25.2. The third kappa shape index (κ3) is 4.00. The summed E-state index contributed by atoms with van der Waals surface area (Å²) in [6.07, 6.45) is 2.84. The molecule has 0 aliphatic carbocycles. The zero-order valence-corrected chi connectivity index (χ0v) is 12.7. The molecule has 1 heterocycles. The Bertz CT molecular complexity index is 572. The highest BCUT2D eigenvalue weighted by molar-refractivity contribution is 5.89. The second-order valence-corrected chi connectivity index (χ2v) is 4.89. The molecule has 118 valence electrons. The first-order valence-corrected chi connectivity index (χ1v) is 7.00. The molecule has 0 radical (unpaired) electrons. The first kappa shape index (κ1) is 15.9. The van der Waals surface area contributed by atoms with E-state index in [1.165, 1.54) is 18.7 Å². The predicted molar refractivity (Wildman–Crippen MR) is 79.7 cm³/mol. The second-order valence-electron chi connectivity index (χ2n) is 4.89. The van der Waals surface area contributed by atoms with Gasteiger partial charge in [0.2, 0.25) is 0 Å². The Morgan fingerprint density at radius 2 is 1.91 bits per heavy atom. The van der Waals surface area contributed by atoms with Crippen molar-refractivity contribution in [2.24, 2.45) is 0 Å².